The minimum Gasteiger partial charge on any atom is -0.389 e. The molecule has 0 amide bonds. The van der Waals surface area contributed by atoms with Gasteiger partial charge in [0, 0.05) is 13.5 Å². The van der Waals surface area contributed by atoms with Crippen molar-refractivity contribution in [1.29, 1.82) is 0 Å². The Bertz CT molecular complexity index is 165. The summed E-state index contributed by atoms with van der Waals surface area (Å²) < 4.78 is 5.29. The van der Waals surface area contributed by atoms with Crippen LogP contribution in [0.4, 0.5) is 0 Å². The van der Waals surface area contributed by atoms with E-state index in [1.54, 1.807) is 7.11 Å². The summed E-state index contributed by atoms with van der Waals surface area (Å²) in [5.74, 6) is 0.506. The molecule has 1 aliphatic carbocycles. The molecule has 2 unspecified atom stereocenters. The first-order chi connectivity index (χ1) is 5.43. The first kappa shape index (κ1) is 10.0. The smallest absolute Gasteiger partial charge is 0.0707 e. The average Bonchev–Trinajstić information content (AvgIpc) is 2.60. The molecule has 0 spiro atoms. The highest BCUT2D eigenvalue weighted by Crippen LogP contribution is 2.50. The molecule has 0 heterocycles. The summed E-state index contributed by atoms with van der Waals surface area (Å²) in [5.41, 5.74) is -0.604. The fraction of sp³-hybridized carbons (Fsp3) is 1.00. The monoisotopic (exact) mass is 172 g/mol. The van der Waals surface area contributed by atoms with Crippen LogP contribution in [0, 0.1) is 5.92 Å². The third-order valence-electron chi connectivity index (χ3n) is 2.98. The number of ether oxygens (including phenoxy) is 1. The summed E-state index contributed by atoms with van der Waals surface area (Å²) in [7, 11) is 1.70. The predicted octanol–water partition coefficient (Wildman–Crippen LogP) is 1.96. The molecule has 12 heavy (non-hydrogen) atoms. The third-order valence-corrected chi connectivity index (χ3v) is 2.98. The summed E-state index contributed by atoms with van der Waals surface area (Å²) in [6.07, 6.45) is 2.79. The molecule has 1 aliphatic rings. The molecule has 2 atom stereocenters. The Labute approximate surface area is 74.9 Å². The van der Waals surface area contributed by atoms with Crippen molar-refractivity contribution in [3.05, 3.63) is 0 Å². The number of hydrogen-bond donors (Lipinski definition) is 1. The van der Waals surface area contributed by atoms with Crippen molar-refractivity contribution in [2.75, 3.05) is 7.11 Å². The Morgan fingerprint density at radius 2 is 2.17 bits per heavy atom. The Balaban J connectivity index is 2.42. The van der Waals surface area contributed by atoms with Gasteiger partial charge in [-0.15, -0.1) is 0 Å². The van der Waals surface area contributed by atoms with Gasteiger partial charge in [0.15, 0.2) is 0 Å². The van der Waals surface area contributed by atoms with Crippen LogP contribution in [0.15, 0.2) is 0 Å². The van der Waals surface area contributed by atoms with Crippen molar-refractivity contribution < 1.29 is 9.84 Å². The van der Waals surface area contributed by atoms with Gasteiger partial charge in [0.25, 0.3) is 0 Å². The quantitative estimate of drug-likeness (QED) is 0.702. The number of rotatable bonds is 4. The van der Waals surface area contributed by atoms with Crippen molar-refractivity contribution in [2.45, 2.75) is 51.2 Å². The minimum absolute atomic E-state index is 0.182. The van der Waals surface area contributed by atoms with Gasteiger partial charge >= 0.3 is 0 Å². The summed E-state index contributed by atoms with van der Waals surface area (Å²) in [4.78, 5) is 0. The molecule has 1 N–H and O–H groups in total. The van der Waals surface area contributed by atoms with Gasteiger partial charge in [-0.05, 0) is 26.2 Å². The summed E-state index contributed by atoms with van der Waals surface area (Å²) in [6, 6.07) is 0. The molecule has 72 valence electrons. The van der Waals surface area contributed by atoms with E-state index in [0.717, 1.165) is 19.3 Å². The predicted molar refractivity (Wildman–Crippen MR) is 49.1 cm³/mol. The molecule has 0 saturated heterocycles. The van der Waals surface area contributed by atoms with Crippen LogP contribution in [-0.2, 0) is 4.74 Å². The van der Waals surface area contributed by atoms with Crippen molar-refractivity contribution in [2.24, 2.45) is 5.92 Å². The van der Waals surface area contributed by atoms with Gasteiger partial charge in [0.1, 0.15) is 0 Å². The van der Waals surface area contributed by atoms with Crippen LogP contribution in [0.1, 0.15) is 40.0 Å². The van der Waals surface area contributed by atoms with E-state index in [1.807, 2.05) is 13.8 Å². The Morgan fingerprint density at radius 1 is 1.58 bits per heavy atom. The topological polar surface area (TPSA) is 29.5 Å². The van der Waals surface area contributed by atoms with E-state index in [1.165, 1.54) is 0 Å². The number of hydrogen-bond acceptors (Lipinski definition) is 2. The van der Waals surface area contributed by atoms with E-state index in [-0.39, 0.29) is 5.60 Å². The van der Waals surface area contributed by atoms with Gasteiger partial charge in [-0.1, -0.05) is 13.3 Å². The molecule has 1 rings (SSSR count). The third kappa shape index (κ3) is 1.99. The molecule has 0 aromatic heterocycles. The van der Waals surface area contributed by atoms with Gasteiger partial charge in [0.05, 0.1) is 11.2 Å². The van der Waals surface area contributed by atoms with Gasteiger partial charge in [-0.3, -0.25) is 0 Å². The highest BCUT2D eigenvalue weighted by molar-refractivity contribution is 5.05. The van der Waals surface area contributed by atoms with Crippen LogP contribution < -0.4 is 0 Å². The van der Waals surface area contributed by atoms with Gasteiger partial charge in [-0.2, -0.15) is 0 Å². The van der Waals surface area contributed by atoms with Crippen LogP contribution in [0.25, 0.3) is 0 Å². The lowest BCUT2D eigenvalue weighted by atomic mass is 9.97. The maximum Gasteiger partial charge on any atom is 0.0707 e. The maximum atomic E-state index is 9.98. The Morgan fingerprint density at radius 3 is 2.50 bits per heavy atom. The first-order valence-corrected chi connectivity index (χ1v) is 4.71. The van der Waals surface area contributed by atoms with E-state index < -0.39 is 5.60 Å². The van der Waals surface area contributed by atoms with Crippen LogP contribution in [0.2, 0.25) is 0 Å². The van der Waals surface area contributed by atoms with E-state index in [4.69, 9.17) is 4.74 Å². The van der Waals surface area contributed by atoms with Crippen molar-refractivity contribution in [1.82, 2.24) is 0 Å². The second kappa shape index (κ2) is 3.00. The highest BCUT2D eigenvalue weighted by atomic mass is 16.5. The lowest BCUT2D eigenvalue weighted by Crippen LogP contribution is -2.30. The van der Waals surface area contributed by atoms with Crippen LogP contribution in [0.3, 0.4) is 0 Å². The zero-order valence-electron chi connectivity index (χ0n) is 8.55. The number of methoxy groups -OCH3 is 1. The SMILES string of the molecule is CCC1CC1(O)CC(C)(C)OC. The van der Waals surface area contributed by atoms with Crippen molar-refractivity contribution in [3.63, 3.8) is 0 Å². The average molecular weight is 172 g/mol. The summed E-state index contributed by atoms with van der Waals surface area (Å²) >= 11 is 0. The first-order valence-electron chi connectivity index (χ1n) is 4.71. The van der Waals surface area contributed by atoms with Crippen molar-refractivity contribution >= 4 is 0 Å². The standard InChI is InChI=1S/C10H20O2/c1-5-8-6-10(8,11)7-9(2,3)12-4/h8,11H,5-7H2,1-4H3. The van der Waals surface area contributed by atoms with Crippen LogP contribution >= 0.6 is 0 Å². The fourth-order valence-electron chi connectivity index (χ4n) is 1.92. The van der Waals surface area contributed by atoms with E-state index in [9.17, 15) is 5.11 Å². The van der Waals surface area contributed by atoms with E-state index in [2.05, 4.69) is 6.92 Å². The van der Waals surface area contributed by atoms with E-state index >= 15 is 0 Å². The second-order valence-electron chi connectivity index (χ2n) is 4.55. The fourth-order valence-corrected chi connectivity index (χ4v) is 1.92. The normalized spacial score (nSPS) is 35.2. The van der Waals surface area contributed by atoms with E-state index in [0.29, 0.717) is 5.92 Å². The highest BCUT2D eigenvalue weighted by Gasteiger charge is 2.53. The lowest BCUT2D eigenvalue weighted by molar-refractivity contribution is -0.0324. The molecular formula is C10H20O2. The van der Waals surface area contributed by atoms with Crippen LogP contribution in [-0.4, -0.2) is 23.4 Å². The van der Waals surface area contributed by atoms with Gasteiger partial charge < -0.3 is 9.84 Å². The molecule has 2 nitrogen and oxygen atoms in total. The Kier molecular flexibility index (Phi) is 2.50. The molecule has 0 aromatic rings. The van der Waals surface area contributed by atoms with Gasteiger partial charge in [-0.25, -0.2) is 0 Å². The maximum absolute atomic E-state index is 9.98. The zero-order chi connectivity index (χ0) is 9.41. The minimum atomic E-state index is -0.422. The summed E-state index contributed by atoms with van der Waals surface area (Å²) in [5, 5.41) is 9.98. The molecule has 1 saturated carbocycles. The molecule has 0 aromatic carbocycles. The second-order valence-corrected chi connectivity index (χ2v) is 4.55. The van der Waals surface area contributed by atoms with Crippen LogP contribution in [0.5, 0.6) is 0 Å². The molecule has 0 bridgehead atoms. The zero-order valence-corrected chi connectivity index (χ0v) is 8.55. The largest absolute Gasteiger partial charge is 0.389 e. The molecular weight excluding hydrogens is 152 g/mol. The molecule has 2 heteroatoms. The Hall–Kier alpha value is -0.0800. The molecule has 1 fully saturated rings. The van der Waals surface area contributed by atoms with Crippen molar-refractivity contribution in [3.8, 4) is 0 Å². The van der Waals surface area contributed by atoms with Gasteiger partial charge in [0.2, 0.25) is 0 Å². The summed E-state index contributed by atoms with van der Waals surface area (Å²) in [6.45, 7) is 6.18. The lowest BCUT2D eigenvalue weighted by Gasteiger charge is -2.26. The number of aliphatic hydroxyl groups is 1. The molecule has 0 radical (unpaired) electrons. The molecule has 0 aliphatic heterocycles.